The number of hydrogen-bond acceptors (Lipinski definition) is 6. The zero-order valence-corrected chi connectivity index (χ0v) is 16.1. The van der Waals surface area contributed by atoms with Crippen molar-refractivity contribution < 1.29 is 23.2 Å². The molecule has 1 N–H and O–H groups in total. The molecule has 10 heteroatoms. The summed E-state index contributed by atoms with van der Waals surface area (Å²) in [5.74, 6) is -0.862. The molecule has 2 rings (SSSR count). The third-order valence-electron chi connectivity index (χ3n) is 4.87. The van der Waals surface area contributed by atoms with Gasteiger partial charge >= 0.3 is 5.97 Å². The summed E-state index contributed by atoms with van der Waals surface area (Å²) in [7, 11) is -3.22. The number of carbonyl (C=O) groups is 1. The molecule has 0 aromatic heterocycles. The average Bonchev–Trinajstić information content (AvgIpc) is 2.65. The molecule has 0 atom stereocenters. The number of carboxylic acids is 1. The molecule has 1 fully saturated rings. The van der Waals surface area contributed by atoms with Crippen molar-refractivity contribution in [1.29, 1.82) is 0 Å². The highest BCUT2D eigenvalue weighted by Crippen LogP contribution is 2.20. The Morgan fingerprint density at radius 2 is 1.89 bits per heavy atom. The minimum absolute atomic E-state index is 0.00227. The van der Waals surface area contributed by atoms with Crippen LogP contribution in [0.1, 0.15) is 25.3 Å². The molecule has 1 saturated heterocycles. The Kier molecular flexibility index (Phi) is 7.28. The molecule has 0 bridgehead atoms. The van der Waals surface area contributed by atoms with Crippen molar-refractivity contribution in [2.45, 2.75) is 32.2 Å². The first kappa shape index (κ1) is 21.3. The maximum Gasteiger partial charge on any atom is 0.317 e. The normalized spacial score (nSPS) is 16.5. The van der Waals surface area contributed by atoms with Crippen LogP contribution in [0.25, 0.3) is 0 Å². The predicted molar refractivity (Wildman–Crippen MR) is 100 cm³/mol. The summed E-state index contributed by atoms with van der Waals surface area (Å²) < 4.78 is 25.4. The summed E-state index contributed by atoms with van der Waals surface area (Å²) in [4.78, 5) is 23.3. The fourth-order valence-corrected chi connectivity index (χ4v) is 4.42. The van der Waals surface area contributed by atoms with E-state index in [2.05, 4.69) is 0 Å². The lowest BCUT2D eigenvalue weighted by molar-refractivity contribution is -0.384. The molecule has 0 aliphatic carbocycles. The fourth-order valence-electron chi connectivity index (χ4n) is 3.29. The van der Waals surface area contributed by atoms with Crippen molar-refractivity contribution in [1.82, 2.24) is 9.21 Å². The smallest absolute Gasteiger partial charge is 0.317 e. The molecule has 150 valence electrons. The van der Waals surface area contributed by atoms with E-state index in [4.69, 9.17) is 0 Å². The van der Waals surface area contributed by atoms with Gasteiger partial charge in [-0.05, 0) is 31.7 Å². The monoisotopic (exact) mass is 399 g/mol. The zero-order chi connectivity index (χ0) is 20.0. The quantitative estimate of drug-likeness (QED) is 0.491. The van der Waals surface area contributed by atoms with E-state index in [0.29, 0.717) is 38.9 Å². The molecule has 1 heterocycles. The highest BCUT2D eigenvalue weighted by molar-refractivity contribution is 7.89. The summed E-state index contributed by atoms with van der Waals surface area (Å²) >= 11 is 0. The first-order valence-corrected chi connectivity index (χ1v) is 10.5. The van der Waals surface area contributed by atoms with Gasteiger partial charge < -0.3 is 5.11 Å². The van der Waals surface area contributed by atoms with Crippen LogP contribution < -0.4 is 0 Å². The third-order valence-corrected chi connectivity index (χ3v) is 6.75. The number of non-ortho nitro benzene ring substituents is 1. The lowest BCUT2D eigenvalue weighted by atomic mass is 10.0. The molecular formula is C17H25N3O6S. The lowest BCUT2D eigenvalue weighted by Gasteiger charge is -2.37. The van der Waals surface area contributed by atoms with Gasteiger partial charge in [-0.2, -0.15) is 0 Å². The number of benzene rings is 1. The average molecular weight is 399 g/mol. The summed E-state index contributed by atoms with van der Waals surface area (Å²) in [6, 6.07) is 6.22. The number of rotatable bonds is 9. The molecule has 9 nitrogen and oxygen atoms in total. The van der Waals surface area contributed by atoms with Crippen LogP contribution in [0.3, 0.4) is 0 Å². The second-order valence-electron chi connectivity index (χ2n) is 6.57. The summed E-state index contributed by atoms with van der Waals surface area (Å²) in [5.41, 5.74) is 0.910. The van der Waals surface area contributed by atoms with Crippen LogP contribution in [0.15, 0.2) is 24.3 Å². The Balaban J connectivity index is 1.97. The van der Waals surface area contributed by atoms with Gasteiger partial charge in [0.1, 0.15) is 0 Å². The number of nitro benzene ring substituents is 1. The number of piperidine rings is 1. The van der Waals surface area contributed by atoms with Crippen LogP contribution in [0.5, 0.6) is 0 Å². The minimum atomic E-state index is -3.22. The Hall–Kier alpha value is -2.04. The molecule has 27 heavy (non-hydrogen) atoms. The predicted octanol–water partition coefficient (Wildman–Crippen LogP) is 1.34. The molecule has 0 spiro atoms. The Morgan fingerprint density at radius 1 is 1.30 bits per heavy atom. The van der Waals surface area contributed by atoms with E-state index in [1.54, 1.807) is 19.1 Å². The van der Waals surface area contributed by atoms with Gasteiger partial charge in [0.15, 0.2) is 0 Å². The van der Waals surface area contributed by atoms with Crippen molar-refractivity contribution in [3.8, 4) is 0 Å². The van der Waals surface area contributed by atoms with Gasteiger partial charge in [0, 0.05) is 37.8 Å². The van der Waals surface area contributed by atoms with E-state index < -0.39 is 20.9 Å². The van der Waals surface area contributed by atoms with Gasteiger partial charge in [0.2, 0.25) is 10.0 Å². The number of aliphatic carboxylic acids is 1. The molecular weight excluding hydrogens is 374 g/mol. The Labute approximate surface area is 158 Å². The number of carboxylic acid groups (broad SMARTS) is 1. The van der Waals surface area contributed by atoms with E-state index in [-0.39, 0.29) is 24.0 Å². The number of nitrogens with zero attached hydrogens (tertiary/aromatic N) is 3. The van der Waals surface area contributed by atoms with E-state index in [1.165, 1.54) is 16.4 Å². The summed E-state index contributed by atoms with van der Waals surface area (Å²) in [6.07, 6.45) is 1.75. The van der Waals surface area contributed by atoms with Crippen molar-refractivity contribution >= 4 is 21.7 Å². The minimum Gasteiger partial charge on any atom is -0.480 e. The van der Waals surface area contributed by atoms with Crippen LogP contribution in [0, 0.1) is 10.1 Å². The maximum absolute atomic E-state index is 12.0. The second kappa shape index (κ2) is 9.25. The van der Waals surface area contributed by atoms with Crippen molar-refractivity contribution in [3.05, 3.63) is 39.9 Å². The van der Waals surface area contributed by atoms with Crippen molar-refractivity contribution in [2.75, 3.05) is 31.9 Å². The van der Waals surface area contributed by atoms with E-state index in [0.717, 1.165) is 5.56 Å². The molecule has 1 aliphatic heterocycles. The second-order valence-corrected chi connectivity index (χ2v) is 8.83. The molecule has 0 unspecified atom stereocenters. The van der Waals surface area contributed by atoms with Crippen LogP contribution in [0.2, 0.25) is 0 Å². The van der Waals surface area contributed by atoms with Crippen LogP contribution in [-0.2, 0) is 21.2 Å². The first-order chi connectivity index (χ1) is 12.7. The standard InChI is InChI=1S/C17H25N3O6S/c1-2-27(25,26)19-11-8-15(9-12-19)18(13-17(21)22)10-7-14-3-5-16(6-4-14)20(23)24/h3-6,15H,2,7-13H2,1H3,(H,21,22). The molecule has 1 aromatic carbocycles. The van der Waals surface area contributed by atoms with Gasteiger partial charge in [-0.15, -0.1) is 0 Å². The van der Waals surface area contributed by atoms with Gasteiger partial charge in [-0.25, -0.2) is 12.7 Å². The summed E-state index contributed by atoms with van der Waals surface area (Å²) in [6.45, 7) is 2.79. The van der Waals surface area contributed by atoms with Crippen molar-refractivity contribution in [3.63, 3.8) is 0 Å². The van der Waals surface area contributed by atoms with E-state index in [9.17, 15) is 28.4 Å². The third kappa shape index (κ3) is 5.98. The van der Waals surface area contributed by atoms with Gasteiger partial charge in [0.05, 0.1) is 17.2 Å². The number of nitro groups is 1. The van der Waals surface area contributed by atoms with Crippen molar-refractivity contribution in [2.24, 2.45) is 0 Å². The topological polar surface area (TPSA) is 121 Å². The van der Waals surface area contributed by atoms with Gasteiger partial charge in [-0.1, -0.05) is 12.1 Å². The molecule has 1 aliphatic rings. The fraction of sp³-hybridized carbons (Fsp3) is 0.588. The molecule has 1 aromatic rings. The van der Waals surface area contributed by atoms with E-state index in [1.807, 2.05) is 4.90 Å². The first-order valence-electron chi connectivity index (χ1n) is 8.90. The lowest BCUT2D eigenvalue weighted by Crippen LogP contribution is -2.48. The maximum atomic E-state index is 12.0. The van der Waals surface area contributed by atoms with E-state index >= 15 is 0 Å². The molecule has 0 saturated carbocycles. The highest BCUT2D eigenvalue weighted by Gasteiger charge is 2.30. The molecule has 0 amide bonds. The number of sulfonamides is 1. The Morgan fingerprint density at radius 3 is 2.37 bits per heavy atom. The largest absolute Gasteiger partial charge is 0.480 e. The van der Waals surface area contributed by atoms with Crippen LogP contribution >= 0.6 is 0 Å². The number of hydrogen-bond donors (Lipinski definition) is 1. The zero-order valence-electron chi connectivity index (χ0n) is 15.3. The van der Waals surface area contributed by atoms with Crippen LogP contribution in [-0.4, -0.2) is 71.6 Å². The Bertz CT molecular complexity index is 757. The SMILES string of the molecule is CCS(=O)(=O)N1CCC(N(CCc2ccc([N+](=O)[O-])cc2)CC(=O)O)CC1. The van der Waals surface area contributed by atoms with Gasteiger partial charge in [0.25, 0.3) is 5.69 Å². The van der Waals surface area contributed by atoms with Crippen LogP contribution in [0.4, 0.5) is 5.69 Å². The highest BCUT2D eigenvalue weighted by atomic mass is 32.2. The summed E-state index contributed by atoms with van der Waals surface area (Å²) in [5, 5.41) is 19.9. The van der Waals surface area contributed by atoms with Gasteiger partial charge in [-0.3, -0.25) is 19.8 Å². The molecule has 0 radical (unpaired) electrons.